The van der Waals surface area contributed by atoms with Crippen molar-refractivity contribution in [1.82, 2.24) is 5.32 Å². The molecule has 0 fully saturated rings. The van der Waals surface area contributed by atoms with Gasteiger partial charge in [0.2, 0.25) is 0 Å². The number of hydrogen-bond donors (Lipinski definition) is 1. The molecule has 2 rings (SSSR count). The van der Waals surface area contributed by atoms with Crippen molar-refractivity contribution >= 4 is 21.8 Å². The van der Waals surface area contributed by atoms with E-state index in [0.29, 0.717) is 12.1 Å². The minimum Gasteiger partial charge on any atom is -0.348 e. The molecule has 2 aromatic carbocycles. The fourth-order valence-electron chi connectivity index (χ4n) is 1.73. The van der Waals surface area contributed by atoms with Gasteiger partial charge in [-0.1, -0.05) is 34.1 Å². The first-order chi connectivity index (χ1) is 9.08. The Balaban J connectivity index is 2.05. The minimum absolute atomic E-state index is 0.136. The van der Waals surface area contributed by atoms with Crippen LogP contribution in [0.3, 0.4) is 0 Å². The molecule has 0 unspecified atom stereocenters. The molecule has 1 amide bonds. The van der Waals surface area contributed by atoms with E-state index in [1.807, 2.05) is 19.1 Å². The quantitative estimate of drug-likeness (QED) is 0.914. The van der Waals surface area contributed by atoms with Gasteiger partial charge in [0.05, 0.1) is 0 Å². The Hall–Kier alpha value is -1.68. The van der Waals surface area contributed by atoms with Crippen molar-refractivity contribution in [3.8, 4) is 0 Å². The van der Waals surface area contributed by atoms with Gasteiger partial charge in [-0.3, -0.25) is 4.79 Å². The SMILES string of the molecule is Cc1c(Br)cccc1C(=O)NCc1ccc(F)cc1. The lowest BCUT2D eigenvalue weighted by Crippen LogP contribution is -2.23. The molecule has 0 saturated heterocycles. The van der Waals surface area contributed by atoms with Crippen LogP contribution in [0.5, 0.6) is 0 Å². The molecule has 0 spiro atoms. The number of carbonyl (C=O) groups excluding carboxylic acids is 1. The van der Waals surface area contributed by atoms with Gasteiger partial charge in [-0.15, -0.1) is 0 Å². The summed E-state index contributed by atoms with van der Waals surface area (Å²) < 4.78 is 13.7. The predicted octanol–water partition coefficient (Wildman–Crippen LogP) is 3.83. The zero-order valence-electron chi connectivity index (χ0n) is 10.4. The number of carbonyl (C=O) groups is 1. The summed E-state index contributed by atoms with van der Waals surface area (Å²) in [6.07, 6.45) is 0. The van der Waals surface area contributed by atoms with Gasteiger partial charge in [0.25, 0.3) is 5.91 Å². The van der Waals surface area contributed by atoms with Crippen molar-refractivity contribution < 1.29 is 9.18 Å². The lowest BCUT2D eigenvalue weighted by atomic mass is 10.1. The van der Waals surface area contributed by atoms with E-state index in [9.17, 15) is 9.18 Å². The van der Waals surface area contributed by atoms with Gasteiger partial charge in [-0.2, -0.15) is 0 Å². The summed E-state index contributed by atoms with van der Waals surface area (Å²) in [5, 5.41) is 2.82. The molecule has 1 N–H and O–H groups in total. The first-order valence-corrected chi connectivity index (χ1v) is 6.65. The Labute approximate surface area is 119 Å². The van der Waals surface area contributed by atoms with E-state index in [-0.39, 0.29) is 11.7 Å². The highest BCUT2D eigenvalue weighted by atomic mass is 79.9. The van der Waals surface area contributed by atoms with Crippen molar-refractivity contribution in [3.63, 3.8) is 0 Å². The summed E-state index contributed by atoms with van der Waals surface area (Å²) in [6, 6.07) is 11.6. The Morgan fingerprint density at radius 1 is 1.21 bits per heavy atom. The molecule has 2 aromatic rings. The summed E-state index contributed by atoms with van der Waals surface area (Å²) in [5.74, 6) is -0.416. The molecule has 0 saturated carbocycles. The largest absolute Gasteiger partial charge is 0.348 e. The number of rotatable bonds is 3. The molecule has 0 aromatic heterocycles. The molecule has 0 heterocycles. The number of hydrogen-bond acceptors (Lipinski definition) is 1. The summed E-state index contributed by atoms with van der Waals surface area (Å²) in [5.41, 5.74) is 2.40. The first kappa shape index (κ1) is 13.7. The van der Waals surface area contributed by atoms with Gasteiger partial charge in [0, 0.05) is 16.6 Å². The van der Waals surface area contributed by atoms with Crippen LogP contribution in [0, 0.1) is 12.7 Å². The molecule has 0 aliphatic heterocycles. The van der Waals surface area contributed by atoms with Gasteiger partial charge in [-0.25, -0.2) is 4.39 Å². The van der Waals surface area contributed by atoms with E-state index in [1.54, 1.807) is 18.2 Å². The van der Waals surface area contributed by atoms with E-state index in [2.05, 4.69) is 21.2 Å². The van der Waals surface area contributed by atoms with Crippen LogP contribution in [0.15, 0.2) is 46.9 Å². The van der Waals surface area contributed by atoms with Gasteiger partial charge < -0.3 is 5.32 Å². The molecule has 0 aliphatic rings. The maximum absolute atomic E-state index is 12.8. The van der Waals surface area contributed by atoms with E-state index in [4.69, 9.17) is 0 Å². The van der Waals surface area contributed by atoms with Gasteiger partial charge in [0.15, 0.2) is 0 Å². The number of halogens is 2. The zero-order chi connectivity index (χ0) is 13.8. The fourth-order valence-corrected chi connectivity index (χ4v) is 2.10. The fraction of sp³-hybridized carbons (Fsp3) is 0.133. The minimum atomic E-state index is -0.280. The molecule has 19 heavy (non-hydrogen) atoms. The summed E-state index contributed by atoms with van der Waals surface area (Å²) in [4.78, 5) is 12.1. The second-order valence-corrected chi connectivity index (χ2v) is 5.08. The number of amides is 1. The first-order valence-electron chi connectivity index (χ1n) is 5.85. The number of nitrogens with one attached hydrogen (secondary N) is 1. The molecular formula is C15H13BrFNO. The van der Waals surface area contributed by atoms with Crippen molar-refractivity contribution in [3.05, 3.63) is 69.4 Å². The van der Waals surface area contributed by atoms with Crippen LogP contribution in [-0.2, 0) is 6.54 Å². The summed E-state index contributed by atoms with van der Waals surface area (Å²) >= 11 is 3.40. The lowest BCUT2D eigenvalue weighted by molar-refractivity contribution is 0.0950. The summed E-state index contributed by atoms with van der Waals surface area (Å²) in [7, 11) is 0. The molecule has 0 bridgehead atoms. The second-order valence-electron chi connectivity index (χ2n) is 4.22. The highest BCUT2D eigenvalue weighted by molar-refractivity contribution is 9.10. The van der Waals surface area contributed by atoms with Gasteiger partial charge in [0.1, 0.15) is 5.82 Å². The van der Waals surface area contributed by atoms with Crippen LogP contribution in [0.2, 0.25) is 0 Å². The molecule has 0 atom stereocenters. The third kappa shape index (κ3) is 3.41. The smallest absolute Gasteiger partial charge is 0.251 e. The topological polar surface area (TPSA) is 29.1 Å². The maximum atomic E-state index is 12.8. The standard InChI is InChI=1S/C15H13BrFNO/c1-10-13(3-2-4-14(10)16)15(19)18-9-11-5-7-12(17)8-6-11/h2-8H,9H2,1H3,(H,18,19). The van der Waals surface area contributed by atoms with Crippen LogP contribution >= 0.6 is 15.9 Å². The van der Waals surface area contributed by atoms with Crippen LogP contribution in [0.25, 0.3) is 0 Å². The van der Waals surface area contributed by atoms with Crippen molar-refractivity contribution in [1.29, 1.82) is 0 Å². The van der Waals surface area contributed by atoms with Crippen molar-refractivity contribution in [2.24, 2.45) is 0 Å². The van der Waals surface area contributed by atoms with Crippen LogP contribution < -0.4 is 5.32 Å². The van der Waals surface area contributed by atoms with E-state index >= 15 is 0 Å². The van der Waals surface area contributed by atoms with Crippen molar-refractivity contribution in [2.75, 3.05) is 0 Å². The van der Waals surface area contributed by atoms with E-state index in [0.717, 1.165) is 15.6 Å². The Kier molecular flexibility index (Phi) is 4.32. The molecule has 2 nitrogen and oxygen atoms in total. The Morgan fingerprint density at radius 2 is 1.89 bits per heavy atom. The molecular weight excluding hydrogens is 309 g/mol. The van der Waals surface area contributed by atoms with Gasteiger partial charge >= 0.3 is 0 Å². The third-order valence-electron chi connectivity index (χ3n) is 2.88. The Morgan fingerprint density at radius 3 is 2.58 bits per heavy atom. The summed E-state index contributed by atoms with van der Waals surface area (Å²) in [6.45, 7) is 2.27. The monoisotopic (exact) mass is 321 g/mol. The third-order valence-corrected chi connectivity index (χ3v) is 3.74. The van der Waals surface area contributed by atoms with Crippen molar-refractivity contribution in [2.45, 2.75) is 13.5 Å². The molecule has 0 radical (unpaired) electrons. The molecule has 0 aliphatic carbocycles. The zero-order valence-corrected chi connectivity index (χ0v) is 12.0. The van der Waals surface area contributed by atoms with Crippen LogP contribution in [0.1, 0.15) is 21.5 Å². The average Bonchev–Trinajstić information content (AvgIpc) is 2.41. The average molecular weight is 322 g/mol. The number of benzene rings is 2. The normalized spacial score (nSPS) is 10.3. The van der Waals surface area contributed by atoms with Crippen LogP contribution in [-0.4, -0.2) is 5.91 Å². The predicted molar refractivity (Wildman–Crippen MR) is 76.4 cm³/mol. The highest BCUT2D eigenvalue weighted by Gasteiger charge is 2.10. The maximum Gasteiger partial charge on any atom is 0.251 e. The lowest BCUT2D eigenvalue weighted by Gasteiger charge is -2.09. The molecule has 98 valence electrons. The Bertz CT molecular complexity index is 596. The van der Waals surface area contributed by atoms with E-state index < -0.39 is 0 Å². The second kappa shape index (κ2) is 5.97. The molecule has 4 heteroatoms. The van der Waals surface area contributed by atoms with Gasteiger partial charge in [-0.05, 0) is 42.3 Å². The van der Waals surface area contributed by atoms with Crippen LogP contribution in [0.4, 0.5) is 4.39 Å². The van der Waals surface area contributed by atoms with E-state index in [1.165, 1.54) is 12.1 Å². The highest BCUT2D eigenvalue weighted by Crippen LogP contribution is 2.19.